The molecule has 0 aliphatic rings. The van der Waals surface area contributed by atoms with Crippen molar-refractivity contribution < 1.29 is 14.0 Å². The first-order valence-corrected chi connectivity index (χ1v) is 6.44. The molecular formula is C14H10ClN3O3. The summed E-state index contributed by atoms with van der Waals surface area (Å²) < 4.78 is 5.38. The van der Waals surface area contributed by atoms with Crippen LogP contribution in [0.3, 0.4) is 0 Å². The Balaban J connectivity index is 1.70. The molecule has 3 aromatic rings. The minimum atomic E-state index is -0.553. The van der Waals surface area contributed by atoms with E-state index in [-0.39, 0.29) is 5.76 Å². The minimum absolute atomic E-state index is 0.0825. The van der Waals surface area contributed by atoms with Crippen molar-refractivity contribution in [3.8, 4) is 0 Å². The summed E-state index contributed by atoms with van der Waals surface area (Å²) in [5.74, 6) is -0.922. The van der Waals surface area contributed by atoms with Crippen LogP contribution in [0.25, 0.3) is 11.0 Å². The topological polar surface area (TPSA) is 87.1 Å². The lowest BCUT2D eigenvalue weighted by molar-refractivity contribution is 0.0830. The molecule has 7 heteroatoms. The highest BCUT2D eigenvalue weighted by Gasteiger charge is 2.14. The summed E-state index contributed by atoms with van der Waals surface area (Å²) in [5.41, 5.74) is 5.44. The van der Waals surface area contributed by atoms with Crippen LogP contribution in [0.2, 0.25) is 5.02 Å². The van der Waals surface area contributed by atoms with Crippen molar-refractivity contribution in [3.05, 3.63) is 59.1 Å². The van der Waals surface area contributed by atoms with Crippen LogP contribution in [0.4, 0.5) is 0 Å². The number of nitrogens with one attached hydrogen (secondary N) is 3. The molecule has 0 fully saturated rings. The second-order valence-electron chi connectivity index (χ2n) is 4.28. The molecule has 0 saturated carbocycles. The molecule has 106 valence electrons. The maximum atomic E-state index is 11.9. The van der Waals surface area contributed by atoms with Gasteiger partial charge in [0.1, 0.15) is 11.3 Å². The first kappa shape index (κ1) is 13.3. The third-order valence-corrected chi connectivity index (χ3v) is 3.07. The number of benzene rings is 1. The van der Waals surface area contributed by atoms with Crippen molar-refractivity contribution >= 4 is 34.4 Å². The Morgan fingerprint density at radius 3 is 2.67 bits per heavy atom. The lowest BCUT2D eigenvalue weighted by Crippen LogP contribution is -2.41. The van der Waals surface area contributed by atoms with E-state index in [1.807, 2.05) is 0 Å². The Morgan fingerprint density at radius 1 is 1.10 bits per heavy atom. The number of aromatic nitrogens is 1. The predicted molar refractivity (Wildman–Crippen MR) is 76.9 cm³/mol. The summed E-state index contributed by atoms with van der Waals surface area (Å²) in [5, 5.41) is 1.26. The lowest BCUT2D eigenvalue weighted by atomic mass is 10.2. The van der Waals surface area contributed by atoms with E-state index < -0.39 is 11.8 Å². The van der Waals surface area contributed by atoms with E-state index in [9.17, 15) is 9.59 Å². The maximum Gasteiger partial charge on any atom is 0.305 e. The Morgan fingerprint density at radius 2 is 1.90 bits per heavy atom. The van der Waals surface area contributed by atoms with Gasteiger partial charge in [-0.3, -0.25) is 20.4 Å². The van der Waals surface area contributed by atoms with Gasteiger partial charge in [-0.05, 0) is 36.4 Å². The van der Waals surface area contributed by atoms with Gasteiger partial charge in [0.05, 0.1) is 0 Å². The van der Waals surface area contributed by atoms with Crippen LogP contribution in [-0.4, -0.2) is 16.8 Å². The van der Waals surface area contributed by atoms with E-state index >= 15 is 0 Å². The quantitative estimate of drug-likeness (QED) is 0.636. The molecule has 2 aromatic heterocycles. The zero-order valence-corrected chi connectivity index (χ0v) is 11.4. The van der Waals surface area contributed by atoms with Gasteiger partial charge in [0.15, 0.2) is 5.76 Å². The molecule has 21 heavy (non-hydrogen) atoms. The third-order valence-electron chi connectivity index (χ3n) is 2.83. The molecule has 0 bridgehead atoms. The van der Waals surface area contributed by atoms with Crippen molar-refractivity contribution in [2.75, 3.05) is 0 Å². The molecule has 0 saturated heterocycles. The number of aromatic amines is 1. The van der Waals surface area contributed by atoms with Crippen LogP contribution in [0.15, 0.2) is 47.0 Å². The van der Waals surface area contributed by atoms with Gasteiger partial charge in [-0.2, -0.15) is 0 Å². The number of fused-ring (bicyclic) bond motifs is 1. The highest BCUT2D eigenvalue weighted by molar-refractivity contribution is 6.31. The first-order valence-electron chi connectivity index (χ1n) is 6.06. The van der Waals surface area contributed by atoms with Gasteiger partial charge in [0.2, 0.25) is 0 Å². The Labute approximate surface area is 124 Å². The molecule has 3 rings (SSSR count). The fourth-order valence-electron chi connectivity index (χ4n) is 1.84. The van der Waals surface area contributed by atoms with E-state index in [2.05, 4.69) is 15.8 Å². The van der Waals surface area contributed by atoms with Crippen LogP contribution in [-0.2, 0) is 0 Å². The molecular weight excluding hydrogens is 294 g/mol. The van der Waals surface area contributed by atoms with Gasteiger partial charge in [-0.15, -0.1) is 0 Å². The van der Waals surface area contributed by atoms with E-state index in [1.54, 1.807) is 42.6 Å². The van der Waals surface area contributed by atoms with Crippen LogP contribution in [0, 0.1) is 0 Å². The number of carbonyl (C=O) groups is 2. The van der Waals surface area contributed by atoms with E-state index in [4.69, 9.17) is 16.0 Å². The average molecular weight is 304 g/mol. The lowest BCUT2D eigenvalue weighted by Gasteiger charge is -2.03. The highest BCUT2D eigenvalue weighted by atomic mass is 35.5. The van der Waals surface area contributed by atoms with E-state index in [0.29, 0.717) is 21.7 Å². The number of hydrogen-bond acceptors (Lipinski definition) is 3. The molecule has 0 unspecified atom stereocenters. The van der Waals surface area contributed by atoms with Crippen LogP contribution < -0.4 is 10.9 Å². The number of carbonyl (C=O) groups excluding carboxylic acids is 2. The van der Waals surface area contributed by atoms with E-state index in [0.717, 1.165) is 0 Å². The maximum absolute atomic E-state index is 11.9. The molecule has 0 spiro atoms. The van der Waals surface area contributed by atoms with Crippen molar-refractivity contribution in [1.82, 2.24) is 15.8 Å². The minimum Gasteiger partial charge on any atom is -0.451 e. The number of rotatable bonds is 2. The van der Waals surface area contributed by atoms with Crippen molar-refractivity contribution in [3.63, 3.8) is 0 Å². The zero-order valence-electron chi connectivity index (χ0n) is 10.6. The number of furan rings is 1. The molecule has 2 heterocycles. The largest absolute Gasteiger partial charge is 0.451 e. The summed E-state index contributed by atoms with van der Waals surface area (Å²) in [6.45, 7) is 0. The normalized spacial score (nSPS) is 10.5. The zero-order chi connectivity index (χ0) is 14.8. The van der Waals surface area contributed by atoms with Crippen LogP contribution >= 0.6 is 11.6 Å². The van der Waals surface area contributed by atoms with Crippen molar-refractivity contribution in [2.45, 2.75) is 0 Å². The standard InChI is InChI=1S/C14H10ClN3O3/c15-9-3-4-11-8(6-9)7-12(21-11)14(20)18-17-13(19)10-2-1-5-16-10/h1-7,16H,(H,17,19)(H,18,20). The predicted octanol–water partition coefficient (Wildman–Crippen LogP) is 2.49. The SMILES string of the molecule is O=C(NNC(=O)c1cc2cc(Cl)ccc2o1)c1ccc[nH]1. The molecule has 3 N–H and O–H groups in total. The van der Waals surface area contributed by atoms with Gasteiger partial charge < -0.3 is 9.40 Å². The summed E-state index contributed by atoms with van der Waals surface area (Å²) in [4.78, 5) is 26.3. The van der Waals surface area contributed by atoms with Crippen LogP contribution in [0.1, 0.15) is 21.0 Å². The van der Waals surface area contributed by atoms with Gasteiger partial charge in [-0.1, -0.05) is 11.6 Å². The first-order chi connectivity index (χ1) is 10.1. The molecule has 6 nitrogen and oxygen atoms in total. The van der Waals surface area contributed by atoms with Crippen molar-refractivity contribution in [2.24, 2.45) is 0 Å². The van der Waals surface area contributed by atoms with Crippen LogP contribution in [0.5, 0.6) is 0 Å². The van der Waals surface area contributed by atoms with Gasteiger partial charge in [-0.25, -0.2) is 0 Å². The molecule has 0 radical (unpaired) electrons. The number of hydrogen-bond donors (Lipinski definition) is 3. The fourth-order valence-corrected chi connectivity index (χ4v) is 2.02. The average Bonchev–Trinajstić information content (AvgIpc) is 3.12. The summed E-state index contributed by atoms with van der Waals surface area (Å²) in [6.07, 6.45) is 1.61. The van der Waals surface area contributed by atoms with E-state index in [1.165, 1.54) is 0 Å². The fraction of sp³-hybridized carbons (Fsp3) is 0. The number of amides is 2. The van der Waals surface area contributed by atoms with Crippen molar-refractivity contribution in [1.29, 1.82) is 0 Å². The smallest absolute Gasteiger partial charge is 0.305 e. The second-order valence-corrected chi connectivity index (χ2v) is 4.72. The van der Waals surface area contributed by atoms with Gasteiger partial charge in [0, 0.05) is 16.6 Å². The molecule has 0 aliphatic carbocycles. The number of halogens is 1. The number of hydrazine groups is 1. The Hall–Kier alpha value is -2.73. The number of H-pyrrole nitrogens is 1. The second kappa shape index (κ2) is 5.34. The molecule has 1 aromatic carbocycles. The van der Waals surface area contributed by atoms with Gasteiger partial charge >= 0.3 is 5.91 Å². The third kappa shape index (κ3) is 2.75. The molecule has 0 atom stereocenters. The molecule has 2 amide bonds. The monoisotopic (exact) mass is 303 g/mol. The molecule has 0 aliphatic heterocycles. The Bertz CT molecular complexity index is 808. The summed E-state index contributed by atoms with van der Waals surface area (Å²) in [7, 11) is 0. The highest BCUT2D eigenvalue weighted by Crippen LogP contribution is 2.22. The summed E-state index contributed by atoms with van der Waals surface area (Å²) >= 11 is 5.86. The van der Waals surface area contributed by atoms with Gasteiger partial charge in [0.25, 0.3) is 5.91 Å². The summed E-state index contributed by atoms with van der Waals surface area (Å²) in [6, 6.07) is 9.85. The Kier molecular flexibility index (Phi) is 3.37.